The second kappa shape index (κ2) is 10.00. The molecule has 1 aromatic carbocycles. The van der Waals surface area contributed by atoms with Crippen molar-refractivity contribution in [3.63, 3.8) is 0 Å². The van der Waals surface area contributed by atoms with E-state index in [1.807, 2.05) is 41.2 Å². The van der Waals surface area contributed by atoms with Crippen LogP contribution in [-0.4, -0.2) is 32.0 Å². The SMILES string of the molecule is C[C@H](O)c1cnn(CC2CC(NC(=O)c3cc(-c4ccccc4)no3)C2)c1.S.S. The number of nitrogens with zero attached hydrogens (tertiary/aromatic N) is 3. The van der Waals surface area contributed by atoms with E-state index >= 15 is 0 Å². The van der Waals surface area contributed by atoms with E-state index in [9.17, 15) is 9.90 Å². The van der Waals surface area contributed by atoms with Crippen molar-refractivity contribution in [1.29, 1.82) is 0 Å². The Labute approximate surface area is 183 Å². The fourth-order valence-corrected chi connectivity index (χ4v) is 3.35. The molecule has 156 valence electrons. The van der Waals surface area contributed by atoms with Crippen molar-refractivity contribution in [2.45, 2.75) is 38.5 Å². The number of carbonyl (C=O) groups excluding carboxylic acids is 1. The quantitative estimate of drug-likeness (QED) is 0.622. The summed E-state index contributed by atoms with van der Waals surface area (Å²) in [6.07, 6.45) is 4.85. The van der Waals surface area contributed by atoms with Gasteiger partial charge in [-0.15, -0.1) is 0 Å². The Morgan fingerprint density at radius 2 is 2.03 bits per heavy atom. The van der Waals surface area contributed by atoms with Gasteiger partial charge in [0.05, 0.1) is 12.3 Å². The average Bonchev–Trinajstić information content (AvgIpc) is 3.30. The van der Waals surface area contributed by atoms with Crippen molar-refractivity contribution in [2.75, 3.05) is 0 Å². The first kappa shape index (κ1) is 23.1. The van der Waals surface area contributed by atoms with Crippen molar-refractivity contribution in [1.82, 2.24) is 20.3 Å². The predicted octanol–water partition coefficient (Wildman–Crippen LogP) is 3.03. The van der Waals surface area contributed by atoms with Gasteiger partial charge in [-0.1, -0.05) is 35.5 Å². The lowest BCUT2D eigenvalue weighted by Crippen LogP contribution is -2.45. The Kier molecular flexibility index (Phi) is 7.95. The number of benzene rings is 1. The van der Waals surface area contributed by atoms with Gasteiger partial charge >= 0.3 is 0 Å². The minimum absolute atomic E-state index is 0. The number of aliphatic hydroxyl groups excluding tert-OH is 1. The van der Waals surface area contributed by atoms with Gasteiger partial charge in [0, 0.05) is 36.0 Å². The van der Waals surface area contributed by atoms with Crippen LogP contribution in [0.5, 0.6) is 0 Å². The van der Waals surface area contributed by atoms with Crippen LogP contribution >= 0.6 is 27.0 Å². The number of carbonyl (C=O) groups is 1. The molecular weight excluding hydrogens is 408 g/mol. The lowest BCUT2D eigenvalue weighted by atomic mass is 9.80. The number of rotatable bonds is 6. The zero-order valence-corrected chi connectivity index (χ0v) is 18.1. The Bertz CT molecular complexity index is 921. The number of aliphatic hydroxyl groups is 1. The fourth-order valence-electron chi connectivity index (χ4n) is 3.35. The first-order chi connectivity index (χ1) is 13.1. The molecule has 0 bridgehead atoms. The zero-order valence-electron chi connectivity index (χ0n) is 16.1. The Morgan fingerprint density at radius 1 is 1.31 bits per heavy atom. The molecule has 2 N–H and O–H groups in total. The summed E-state index contributed by atoms with van der Waals surface area (Å²) in [5.74, 6) is 0.459. The summed E-state index contributed by atoms with van der Waals surface area (Å²) in [7, 11) is 0. The molecule has 0 aliphatic heterocycles. The van der Waals surface area contributed by atoms with E-state index in [0.29, 0.717) is 11.6 Å². The number of aromatic nitrogens is 3. The van der Waals surface area contributed by atoms with Gasteiger partial charge in [0.25, 0.3) is 5.91 Å². The summed E-state index contributed by atoms with van der Waals surface area (Å²) >= 11 is 0. The first-order valence-corrected chi connectivity index (χ1v) is 9.12. The third-order valence-electron chi connectivity index (χ3n) is 4.96. The molecule has 4 rings (SSSR count). The van der Waals surface area contributed by atoms with Crippen molar-refractivity contribution in [3.05, 3.63) is 60.1 Å². The summed E-state index contributed by atoms with van der Waals surface area (Å²) in [6, 6.07) is 11.4. The van der Waals surface area contributed by atoms with Gasteiger partial charge in [-0.2, -0.15) is 32.1 Å². The Hall–Kier alpha value is -2.23. The predicted molar refractivity (Wildman–Crippen MR) is 120 cm³/mol. The summed E-state index contributed by atoms with van der Waals surface area (Å²) in [5.41, 5.74) is 2.39. The lowest BCUT2D eigenvalue weighted by molar-refractivity contribution is 0.0842. The highest BCUT2D eigenvalue weighted by Crippen LogP contribution is 2.29. The smallest absolute Gasteiger partial charge is 0.290 e. The maximum absolute atomic E-state index is 12.3. The highest BCUT2D eigenvalue weighted by molar-refractivity contribution is 7.59. The van der Waals surface area contributed by atoms with E-state index in [1.165, 1.54) is 0 Å². The topological polar surface area (TPSA) is 93.2 Å². The highest BCUT2D eigenvalue weighted by Gasteiger charge is 2.31. The molecule has 29 heavy (non-hydrogen) atoms. The molecule has 0 spiro atoms. The van der Waals surface area contributed by atoms with E-state index in [4.69, 9.17) is 4.52 Å². The molecule has 9 heteroatoms. The standard InChI is InChI=1S/C20H22N4O3.2H2S/c1-13(25)16-10-21-24(12-16)11-14-7-17(8-14)22-20(26)19-9-18(23-27-19)15-5-3-2-4-6-15;;/h2-6,9-10,12-14,17,25H,7-8,11H2,1H3,(H,22,26);2*1H2/t13-,14?,17?;;/m0../s1. The van der Waals surface area contributed by atoms with Crippen molar-refractivity contribution in [3.8, 4) is 11.3 Å². The minimum atomic E-state index is -0.505. The number of hydrogen-bond donors (Lipinski definition) is 2. The highest BCUT2D eigenvalue weighted by atomic mass is 32.1. The van der Waals surface area contributed by atoms with Crippen LogP contribution in [0.2, 0.25) is 0 Å². The number of nitrogens with one attached hydrogen (secondary N) is 1. The van der Waals surface area contributed by atoms with Crippen LogP contribution in [0.3, 0.4) is 0 Å². The second-order valence-corrected chi connectivity index (χ2v) is 7.12. The third kappa shape index (κ3) is 5.43. The molecule has 0 radical (unpaired) electrons. The number of hydrogen-bond acceptors (Lipinski definition) is 5. The normalized spacial score (nSPS) is 18.7. The molecule has 1 saturated carbocycles. The molecular formula is C20H26N4O3S2. The zero-order chi connectivity index (χ0) is 18.8. The van der Waals surface area contributed by atoms with Crippen LogP contribution < -0.4 is 5.32 Å². The van der Waals surface area contributed by atoms with E-state index in [1.54, 1.807) is 19.2 Å². The average molecular weight is 435 g/mol. The molecule has 1 fully saturated rings. The Balaban J connectivity index is 0.00000150. The number of amides is 1. The molecule has 0 unspecified atom stereocenters. The molecule has 2 heterocycles. The molecule has 1 amide bonds. The molecule has 0 saturated heterocycles. The van der Waals surface area contributed by atoms with Crippen molar-refractivity contribution in [2.24, 2.45) is 5.92 Å². The first-order valence-electron chi connectivity index (χ1n) is 9.12. The van der Waals surface area contributed by atoms with Crippen molar-refractivity contribution >= 4 is 32.9 Å². The van der Waals surface area contributed by atoms with Gasteiger partial charge in [-0.3, -0.25) is 9.48 Å². The lowest BCUT2D eigenvalue weighted by Gasteiger charge is -2.35. The largest absolute Gasteiger partial charge is 0.389 e. The van der Waals surface area contributed by atoms with Crippen LogP contribution in [-0.2, 0) is 6.54 Å². The van der Waals surface area contributed by atoms with Gasteiger partial charge in [-0.05, 0) is 25.7 Å². The monoisotopic (exact) mass is 434 g/mol. The van der Waals surface area contributed by atoms with E-state index < -0.39 is 6.10 Å². The summed E-state index contributed by atoms with van der Waals surface area (Å²) < 4.78 is 7.05. The van der Waals surface area contributed by atoms with Gasteiger partial charge < -0.3 is 14.9 Å². The van der Waals surface area contributed by atoms with E-state index in [-0.39, 0.29) is 44.7 Å². The maximum Gasteiger partial charge on any atom is 0.290 e. The molecule has 2 aromatic heterocycles. The Morgan fingerprint density at radius 3 is 2.69 bits per heavy atom. The van der Waals surface area contributed by atoms with Gasteiger partial charge in [0.15, 0.2) is 0 Å². The minimum Gasteiger partial charge on any atom is -0.389 e. The second-order valence-electron chi connectivity index (χ2n) is 7.12. The van der Waals surface area contributed by atoms with E-state index in [0.717, 1.165) is 30.5 Å². The van der Waals surface area contributed by atoms with Crippen LogP contribution in [0.15, 0.2) is 53.3 Å². The fraction of sp³-hybridized carbons (Fsp3) is 0.350. The third-order valence-corrected chi connectivity index (χ3v) is 4.96. The van der Waals surface area contributed by atoms with Crippen LogP contribution in [0.1, 0.15) is 42.0 Å². The van der Waals surface area contributed by atoms with Gasteiger partial charge in [-0.25, -0.2) is 0 Å². The molecule has 7 nitrogen and oxygen atoms in total. The summed E-state index contributed by atoms with van der Waals surface area (Å²) in [6.45, 7) is 2.52. The summed E-state index contributed by atoms with van der Waals surface area (Å²) in [5, 5.41) is 20.8. The van der Waals surface area contributed by atoms with E-state index in [2.05, 4.69) is 15.6 Å². The molecule has 1 aliphatic rings. The van der Waals surface area contributed by atoms with Crippen LogP contribution in [0.4, 0.5) is 0 Å². The summed E-state index contributed by atoms with van der Waals surface area (Å²) in [4.78, 5) is 12.3. The molecule has 1 atom stereocenters. The van der Waals surface area contributed by atoms with Crippen molar-refractivity contribution < 1.29 is 14.4 Å². The van der Waals surface area contributed by atoms with Crippen LogP contribution in [0, 0.1) is 5.92 Å². The van der Waals surface area contributed by atoms with Gasteiger partial charge in [0.2, 0.25) is 5.76 Å². The maximum atomic E-state index is 12.3. The molecule has 3 aromatic rings. The van der Waals surface area contributed by atoms with Crippen LogP contribution in [0.25, 0.3) is 11.3 Å². The molecule has 1 aliphatic carbocycles. The van der Waals surface area contributed by atoms with Gasteiger partial charge in [0.1, 0.15) is 5.69 Å².